The normalized spacial score (nSPS) is 23.3. The molecule has 1 N–H and O–H groups in total. The first kappa shape index (κ1) is 20.1. The van der Waals surface area contributed by atoms with Crippen molar-refractivity contribution in [3.05, 3.63) is 35.9 Å². The fourth-order valence-electron chi connectivity index (χ4n) is 3.14. The van der Waals surface area contributed by atoms with Crippen molar-refractivity contribution in [2.45, 2.75) is 52.9 Å². The Morgan fingerprint density at radius 1 is 1.12 bits per heavy atom. The van der Waals surface area contributed by atoms with Crippen molar-refractivity contribution in [2.24, 2.45) is 11.8 Å². The molecule has 0 spiro atoms. The molecular weight excluding hydrogens is 332 g/mol. The molecular formula is C20H30N2O4. The van der Waals surface area contributed by atoms with E-state index < -0.39 is 5.60 Å². The van der Waals surface area contributed by atoms with Gasteiger partial charge in [0, 0.05) is 31.0 Å². The maximum atomic E-state index is 12.1. The number of alkyl carbamates (subject to hydrolysis) is 1. The molecule has 1 aliphatic heterocycles. The molecule has 0 aromatic heterocycles. The number of nitrogens with one attached hydrogen (secondary N) is 1. The van der Waals surface area contributed by atoms with E-state index in [1.54, 1.807) is 4.90 Å². The van der Waals surface area contributed by atoms with Crippen molar-refractivity contribution in [3.63, 3.8) is 0 Å². The molecule has 1 saturated carbocycles. The molecule has 2 aliphatic rings. The summed E-state index contributed by atoms with van der Waals surface area (Å²) in [6, 6.07) is 9.72. The second-order valence-electron chi connectivity index (χ2n) is 7.44. The molecule has 1 aromatic rings. The summed E-state index contributed by atoms with van der Waals surface area (Å²) >= 11 is 0. The van der Waals surface area contributed by atoms with Crippen molar-refractivity contribution < 1.29 is 19.1 Å². The van der Waals surface area contributed by atoms with Gasteiger partial charge in [-0.15, -0.1) is 0 Å². The van der Waals surface area contributed by atoms with Crippen LogP contribution in [0.1, 0.15) is 40.2 Å². The molecule has 0 bridgehead atoms. The van der Waals surface area contributed by atoms with E-state index in [0.717, 1.165) is 5.56 Å². The number of hydrogen-bond acceptors (Lipinski definition) is 4. The number of carbonyl (C=O) groups excluding carboxylic acids is 2. The molecule has 2 amide bonds. The summed E-state index contributed by atoms with van der Waals surface area (Å²) in [6.07, 6.45) is -0.679. The zero-order valence-corrected chi connectivity index (χ0v) is 16.3. The molecule has 2 fully saturated rings. The van der Waals surface area contributed by atoms with E-state index >= 15 is 0 Å². The van der Waals surface area contributed by atoms with E-state index in [-0.39, 0.29) is 24.8 Å². The summed E-state index contributed by atoms with van der Waals surface area (Å²) in [5.74, 6) is 0.614. The van der Waals surface area contributed by atoms with Crippen molar-refractivity contribution in [1.29, 1.82) is 0 Å². The van der Waals surface area contributed by atoms with Crippen LogP contribution in [0.5, 0.6) is 0 Å². The SMILES string of the molecule is CC.CC(C)(C)OC(=O)NC1C2CN(C(=O)OCc3ccccc3)CC21. The van der Waals surface area contributed by atoms with Gasteiger partial charge in [0.05, 0.1) is 0 Å². The first-order valence-corrected chi connectivity index (χ1v) is 9.28. The van der Waals surface area contributed by atoms with Gasteiger partial charge in [-0.25, -0.2) is 9.59 Å². The predicted octanol–water partition coefficient (Wildman–Crippen LogP) is 3.80. The molecule has 6 heteroatoms. The average molecular weight is 362 g/mol. The van der Waals surface area contributed by atoms with Gasteiger partial charge in [0.1, 0.15) is 12.2 Å². The van der Waals surface area contributed by atoms with Crippen molar-refractivity contribution in [2.75, 3.05) is 13.1 Å². The smallest absolute Gasteiger partial charge is 0.410 e. The average Bonchev–Trinajstić information content (AvgIpc) is 3.04. The first-order chi connectivity index (χ1) is 12.3. The van der Waals surface area contributed by atoms with Crippen LogP contribution < -0.4 is 5.32 Å². The van der Waals surface area contributed by atoms with E-state index in [0.29, 0.717) is 24.9 Å². The van der Waals surface area contributed by atoms with Gasteiger partial charge in [0.2, 0.25) is 0 Å². The lowest BCUT2D eigenvalue weighted by Gasteiger charge is -2.22. The van der Waals surface area contributed by atoms with E-state index in [2.05, 4.69) is 5.32 Å². The maximum Gasteiger partial charge on any atom is 0.410 e. The number of likely N-dealkylation sites (tertiary alicyclic amines) is 1. The highest BCUT2D eigenvalue weighted by atomic mass is 16.6. The highest BCUT2D eigenvalue weighted by Gasteiger charge is 2.58. The van der Waals surface area contributed by atoms with E-state index in [1.165, 1.54) is 0 Å². The van der Waals surface area contributed by atoms with Gasteiger partial charge < -0.3 is 19.7 Å². The van der Waals surface area contributed by atoms with Gasteiger partial charge in [-0.1, -0.05) is 44.2 Å². The summed E-state index contributed by atoms with van der Waals surface area (Å²) in [6.45, 7) is 11.0. The minimum atomic E-state index is -0.499. The Kier molecular flexibility index (Phi) is 6.51. The van der Waals surface area contributed by atoms with Crippen LogP contribution in [-0.4, -0.2) is 41.8 Å². The standard InChI is InChI=1S/C18H24N2O4.C2H6/c1-18(2,3)24-16(21)19-15-13-9-20(10-14(13)15)17(22)23-11-12-7-5-4-6-8-12;1-2/h4-8,13-15H,9-11H2,1-3H3,(H,19,21);1-2H3. The summed E-state index contributed by atoms with van der Waals surface area (Å²) < 4.78 is 10.6. The third kappa shape index (κ3) is 5.38. The van der Waals surface area contributed by atoms with Gasteiger partial charge in [0.25, 0.3) is 0 Å². The molecule has 0 radical (unpaired) electrons. The third-order valence-corrected chi connectivity index (χ3v) is 4.34. The largest absolute Gasteiger partial charge is 0.445 e. The van der Waals surface area contributed by atoms with Crippen molar-refractivity contribution in [3.8, 4) is 0 Å². The molecule has 2 atom stereocenters. The topological polar surface area (TPSA) is 67.9 Å². The van der Waals surface area contributed by atoms with Gasteiger partial charge in [-0.05, 0) is 26.3 Å². The molecule has 3 rings (SSSR count). The van der Waals surface area contributed by atoms with Crippen molar-refractivity contribution >= 4 is 12.2 Å². The number of fused-ring (bicyclic) bond motifs is 1. The van der Waals surface area contributed by atoms with Crippen LogP contribution >= 0.6 is 0 Å². The van der Waals surface area contributed by atoms with Gasteiger partial charge in [-0.2, -0.15) is 0 Å². The zero-order valence-electron chi connectivity index (χ0n) is 16.3. The van der Waals surface area contributed by atoms with Crippen LogP contribution in [0.4, 0.5) is 9.59 Å². The Bertz CT molecular complexity index is 600. The summed E-state index contributed by atoms with van der Waals surface area (Å²) in [7, 11) is 0. The monoisotopic (exact) mass is 362 g/mol. The number of rotatable bonds is 3. The Balaban J connectivity index is 0.00000117. The maximum absolute atomic E-state index is 12.1. The third-order valence-electron chi connectivity index (χ3n) is 4.34. The fourth-order valence-corrected chi connectivity index (χ4v) is 3.14. The van der Waals surface area contributed by atoms with Gasteiger partial charge in [0.15, 0.2) is 0 Å². The summed E-state index contributed by atoms with van der Waals surface area (Å²) in [5.41, 5.74) is 0.473. The van der Waals surface area contributed by atoms with E-state index in [4.69, 9.17) is 9.47 Å². The van der Waals surface area contributed by atoms with Crippen LogP contribution in [0.2, 0.25) is 0 Å². The number of hydrogen-bond donors (Lipinski definition) is 1. The molecule has 1 aliphatic carbocycles. The number of ether oxygens (including phenoxy) is 2. The number of piperidine rings is 1. The van der Waals surface area contributed by atoms with E-state index in [9.17, 15) is 9.59 Å². The summed E-state index contributed by atoms with van der Waals surface area (Å²) in [5, 5.41) is 2.89. The lowest BCUT2D eigenvalue weighted by atomic mass is 10.2. The Morgan fingerprint density at radius 2 is 1.69 bits per heavy atom. The molecule has 2 unspecified atom stereocenters. The molecule has 26 heavy (non-hydrogen) atoms. The quantitative estimate of drug-likeness (QED) is 0.888. The number of carbonyl (C=O) groups is 2. The number of benzene rings is 1. The summed E-state index contributed by atoms with van der Waals surface area (Å²) in [4.78, 5) is 25.6. The minimum absolute atomic E-state index is 0.109. The zero-order chi connectivity index (χ0) is 19.3. The lowest BCUT2D eigenvalue weighted by molar-refractivity contribution is 0.0513. The fraction of sp³-hybridized carbons (Fsp3) is 0.600. The molecule has 1 saturated heterocycles. The predicted molar refractivity (Wildman–Crippen MR) is 99.7 cm³/mol. The lowest BCUT2D eigenvalue weighted by Crippen LogP contribution is -2.39. The molecule has 1 heterocycles. The highest BCUT2D eigenvalue weighted by molar-refractivity contribution is 5.70. The van der Waals surface area contributed by atoms with Crippen LogP contribution in [-0.2, 0) is 16.1 Å². The van der Waals surface area contributed by atoms with E-state index in [1.807, 2.05) is 65.0 Å². The molecule has 6 nitrogen and oxygen atoms in total. The number of amides is 2. The minimum Gasteiger partial charge on any atom is -0.445 e. The van der Waals surface area contributed by atoms with Crippen LogP contribution in [0.25, 0.3) is 0 Å². The van der Waals surface area contributed by atoms with Crippen LogP contribution in [0.3, 0.4) is 0 Å². The second-order valence-corrected chi connectivity index (χ2v) is 7.44. The Hall–Kier alpha value is -2.24. The number of nitrogens with zero attached hydrogens (tertiary/aromatic N) is 1. The van der Waals surface area contributed by atoms with Gasteiger partial charge >= 0.3 is 12.2 Å². The molecule has 144 valence electrons. The van der Waals surface area contributed by atoms with Gasteiger partial charge in [-0.3, -0.25) is 0 Å². The Morgan fingerprint density at radius 3 is 2.23 bits per heavy atom. The van der Waals surface area contributed by atoms with Crippen molar-refractivity contribution in [1.82, 2.24) is 10.2 Å². The van der Waals surface area contributed by atoms with Crippen LogP contribution in [0, 0.1) is 11.8 Å². The highest BCUT2D eigenvalue weighted by Crippen LogP contribution is 2.45. The molecule has 1 aromatic carbocycles. The Labute approximate surface area is 155 Å². The first-order valence-electron chi connectivity index (χ1n) is 9.28. The van der Waals surface area contributed by atoms with Crippen LogP contribution in [0.15, 0.2) is 30.3 Å². The second kappa shape index (κ2) is 8.43.